The van der Waals surface area contributed by atoms with Crippen LogP contribution in [-0.4, -0.2) is 46.1 Å². The second kappa shape index (κ2) is 8.47. The van der Waals surface area contributed by atoms with Crippen molar-refractivity contribution in [3.8, 4) is 22.8 Å². The van der Waals surface area contributed by atoms with Gasteiger partial charge in [0.25, 0.3) is 0 Å². The Hall–Kier alpha value is -3.87. The maximum atomic E-state index is 14.5. The minimum absolute atomic E-state index is 0.306. The Labute approximate surface area is 180 Å². The highest BCUT2D eigenvalue weighted by atomic mass is 19.1. The van der Waals surface area contributed by atoms with Crippen molar-refractivity contribution in [2.45, 2.75) is 0 Å². The Morgan fingerprint density at radius 1 is 0.645 bits per heavy atom. The van der Waals surface area contributed by atoms with Gasteiger partial charge in [0.2, 0.25) is 0 Å². The molecule has 1 aliphatic heterocycles. The van der Waals surface area contributed by atoms with Gasteiger partial charge in [0.05, 0.1) is 5.69 Å². The molecule has 0 bridgehead atoms. The predicted molar refractivity (Wildman–Crippen MR) is 119 cm³/mol. The van der Waals surface area contributed by atoms with E-state index in [9.17, 15) is 4.39 Å². The molecule has 4 heterocycles. The molecule has 1 fully saturated rings. The smallest absolute Gasteiger partial charge is 0.180 e. The van der Waals surface area contributed by atoms with Gasteiger partial charge >= 0.3 is 0 Å². The molecule has 6 nitrogen and oxygen atoms in total. The number of piperazine rings is 1. The molecule has 0 amide bonds. The summed E-state index contributed by atoms with van der Waals surface area (Å²) in [5.41, 5.74) is 1.67. The summed E-state index contributed by atoms with van der Waals surface area (Å²) in [5, 5.41) is 0. The topological polar surface area (TPSA) is 58.0 Å². The Morgan fingerprint density at radius 3 is 2.00 bits per heavy atom. The quantitative estimate of drug-likeness (QED) is 0.504. The van der Waals surface area contributed by atoms with E-state index in [0.717, 1.165) is 37.8 Å². The Morgan fingerprint density at radius 2 is 1.32 bits per heavy atom. The van der Waals surface area contributed by atoms with Crippen LogP contribution in [0.1, 0.15) is 0 Å². The van der Waals surface area contributed by atoms with Gasteiger partial charge in [0, 0.05) is 50.2 Å². The largest absolute Gasteiger partial charge is 0.353 e. The Balaban J connectivity index is 1.48. The van der Waals surface area contributed by atoms with Crippen LogP contribution in [0.15, 0.2) is 79.1 Å². The zero-order valence-corrected chi connectivity index (χ0v) is 16.9. The third kappa shape index (κ3) is 4.07. The predicted octanol–water partition coefficient (Wildman–Crippen LogP) is 4.07. The fourth-order valence-electron chi connectivity index (χ4n) is 3.72. The molecule has 0 spiro atoms. The average Bonchev–Trinajstić information content (AvgIpc) is 2.85. The van der Waals surface area contributed by atoms with Gasteiger partial charge < -0.3 is 9.80 Å². The molecule has 31 heavy (non-hydrogen) atoms. The monoisotopic (exact) mass is 412 g/mol. The summed E-state index contributed by atoms with van der Waals surface area (Å²) < 4.78 is 14.5. The van der Waals surface area contributed by atoms with E-state index in [1.54, 1.807) is 18.3 Å². The standard InChI is InChI=1S/C24H21FN6/c25-19-8-2-1-7-18(19)21-17-23(29-24(28-21)20-9-3-5-11-26-20)31-15-13-30(14-16-31)22-10-4-6-12-27-22/h1-12,17H,13-16H2. The molecule has 0 N–H and O–H groups in total. The molecule has 3 aromatic heterocycles. The summed E-state index contributed by atoms with van der Waals surface area (Å²) in [4.78, 5) is 22.7. The van der Waals surface area contributed by atoms with Crippen molar-refractivity contribution in [2.24, 2.45) is 0 Å². The number of hydrogen-bond donors (Lipinski definition) is 0. The summed E-state index contributed by atoms with van der Waals surface area (Å²) in [6.07, 6.45) is 3.52. The summed E-state index contributed by atoms with van der Waals surface area (Å²) in [7, 11) is 0. The second-order valence-electron chi connectivity index (χ2n) is 7.29. The van der Waals surface area contributed by atoms with Crippen molar-refractivity contribution in [1.82, 2.24) is 19.9 Å². The van der Waals surface area contributed by atoms with Crippen molar-refractivity contribution in [3.05, 3.63) is 84.9 Å². The first kappa shape index (κ1) is 19.1. The zero-order valence-electron chi connectivity index (χ0n) is 16.9. The zero-order chi connectivity index (χ0) is 21.0. The average molecular weight is 412 g/mol. The van der Waals surface area contributed by atoms with Gasteiger partial charge in [-0.2, -0.15) is 0 Å². The lowest BCUT2D eigenvalue weighted by Gasteiger charge is -2.36. The summed E-state index contributed by atoms with van der Waals surface area (Å²) in [6.45, 7) is 3.22. The molecule has 1 saturated heterocycles. The van der Waals surface area contributed by atoms with Crippen LogP contribution in [0.3, 0.4) is 0 Å². The van der Waals surface area contributed by atoms with E-state index in [1.165, 1.54) is 6.07 Å². The van der Waals surface area contributed by atoms with E-state index in [-0.39, 0.29) is 5.82 Å². The lowest BCUT2D eigenvalue weighted by atomic mass is 10.1. The van der Waals surface area contributed by atoms with Gasteiger partial charge in [0.1, 0.15) is 23.1 Å². The Kier molecular flexibility index (Phi) is 5.22. The first-order chi connectivity index (χ1) is 15.3. The molecule has 5 rings (SSSR count). The van der Waals surface area contributed by atoms with Gasteiger partial charge in [-0.3, -0.25) is 4.98 Å². The van der Waals surface area contributed by atoms with Gasteiger partial charge in [-0.1, -0.05) is 24.3 Å². The van der Waals surface area contributed by atoms with E-state index < -0.39 is 0 Å². The lowest BCUT2D eigenvalue weighted by Crippen LogP contribution is -2.47. The fraction of sp³-hybridized carbons (Fsp3) is 0.167. The van der Waals surface area contributed by atoms with Crippen LogP contribution in [0.4, 0.5) is 16.0 Å². The number of nitrogens with zero attached hydrogens (tertiary/aromatic N) is 6. The first-order valence-electron chi connectivity index (χ1n) is 10.2. The Bertz CT molecular complexity index is 1160. The highest BCUT2D eigenvalue weighted by Gasteiger charge is 2.21. The normalized spacial score (nSPS) is 14.0. The number of pyridine rings is 2. The number of hydrogen-bond acceptors (Lipinski definition) is 6. The van der Waals surface area contributed by atoms with Crippen LogP contribution in [0.2, 0.25) is 0 Å². The van der Waals surface area contributed by atoms with Crippen LogP contribution in [0.25, 0.3) is 22.8 Å². The van der Waals surface area contributed by atoms with Crippen LogP contribution >= 0.6 is 0 Å². The molecule has 0 unspecified atom stereocenters. The van der Waals surface area contributed by atoms with Crippen LogP contribution in [-0.2, 0) is 0 Å². The molecule has 1 aliphatic rings. The van der Waals surface area contributed by atoms with Crippen LogP contribution in [0, 0.1) is 5.82 Å². The molecule has 7 heteroatoms. The van der Waals surface area contributed by atoms with E-state index in [1.807, 2.05) is 54.7 Å². The molecule has 0 saturated carbocycles. The van der Waals surface area contributed by atoms with Crippen LogP contribution < -0.4 is 9.80 Å². The van der Waals surface area contributed by atoms with Crippen molar-refractivity contribution >= 4 is 11.6 Å². The van der Waals surface area contributed by atoms with Crippen molar-refractivity contribution in [3.63, 3.8) is 0 Å². The fourth-order valence-corrected chi connectivity index (χ4v) is 3.72. The number of anilines is 2. The maximum absolute atomic E-state index is 14.5. The highest BCUT2D eigenvalue weighted by Crippen LogP contribution is 2.28. The summed E-state index contributed by atoms with van der Waals surface area (Å²) >= 11 is 0. The molecule has 0 atom stereocenters. The number of halogens is 1. The lowest BCUT2D eigenvalue weighted by molar-refractivity contribution is 0.630. The van der Waals surface area contributed by atoms with Crippen molar-refractivity contribution in [1.29, 1.82) is 0 Å². The van der Waals surface area contributed by atoms with Gasteiger partial charge in [-0.25, -0.2) is 19.3 Å². The maximum Gasteiger partial charge on any atom is 0.180 e. The molecule has 0 radical (unpaired) electrons. The number of aromatic nitrogens is 4. The van der Waals surface area contributed by atoms with Crippen molar-refractivity contribution < 1.29 is 4.39 Å². The minimum Gasteiger partial charge on any atom is -0.353 e. The minimum atomic E-state index is -0.306. The van der Waals surface area contributed by atoms with E-state index in [0.29, 0.717) is 22.8 Å². The van der Waals surface area contributed by atoms with Gasteiger partial charge in [-0.15, -0.1) is 0 Å². The molecule has 154 valence electrons. The summed E-state index contributed by atoms with van der Waals surface area (Å²) in [5.74, 6) is 1.93. The third-order valence-corrected chi connectivity index (χ3v) is 5.33. The van der Waals surface area contributed by atoms with Gasteiger partial charge in [0.15, 0.2) is 5.82 Å². The molecule has 1 aromatic carbocycles. The molecule has 4 aromatic rings. The third-order valence-electron chi connectivity index (χ3n) is 5.33. The number of benzene rings is 1. The van der Waals surface area contributed by atoms with E-state index in [4.69, 9.17) is 4.98 Å². The van der Waals surface area contributed by atoms with Gasteiger partial charge in [-0.05, 0) is 36.4 Å². The summed E-state index contributed by atoms with van der Waals surface area (Å²) in [6, 6.07) is 20.1. The van der Waals surface area contributed by atoms with Crippen molar-refractivity contribution in [2.75, 3.05) is 36.0 Å². The van der Waals surface area contributed by atoms with Crippen LogP contribution in [0.5, 0.6) is 0 Å². The second-order valence-corrected chi connectivity index (χ2v) is 7.29. The highest BCUT2D eigenvalue weighted by molar-refractivity contribution is 5.67. The van der Waals surface area contributed by atoms with E-state index >= 15 is 0 Å². The van der Waals surface area contributed by atoms with E-state index in [2.05, 4.69) is 24.8 Å². The molecule has 0 aliphatic carbocycles. The molecular formula is C24H21FN6. The SMILES string of the molecule is Fc1ccccc1-c1cc(N2CCN(c3ccccn3)CC2)nc(-c2ccccn2)n1. The first-order valence-corrected chi connectivity index (χ1v) is 10.2. The molecular weight excluding hydrogens is 391 g/mol. The number of rotatable bonds is 4.